The highest BCUT2D eigenvalue weighted by Gasteiger charge is 2.27. The van der Waals surface area contributed by atoms with Crippen molar-refractivity contribution in [2.75, 3.05) is 26.0 Å². The number of amides is 2. The van der Waals surface area contributed by atoms with Crippen molar-refractivity contribution in [2.24, 2.45) is 5.41 Å². The fourth-order valence-electron chi connectivity index (χ4n) is 1.75. The van der Waals surface area contributed by atoms with Crippen LogP contribution in [0.15, 0.2) is 12.1 Å². The normalized spacial score (nSPS) is 10.8. The lowest BCUT2D eigenvalue weighted by atomic mass is 9.92. The van der Waals surface area contributed by atoms with Crippen LogP contribution in [0, 0.1) is 12.3 Å². The summed E-state index contributed by atoms with van der Waals surface area (Å²) in [4.78, 5) is 28.0. The zero-order valence-corrected chi connectivity index (χ0v) is 12.6. The number of hydrogen-bond donors (Lipinski definition) is 3. The van der Waals surface area contributed by atoms with E-state index < -0.39 is 5.41 Å². The standard InChI is InChI=1S/C14H22N4O2/c1-9-6-10(7-11(15-4)18-9)12(19)17-8-14(2,3)13(20)16-5/h6-7H,8H2,1-5H3,(H,15,18)(H,16,20)(H,17,19). The van der Waals surface area contributed by atoms with Crippen LogP contribution in [-0.4, -0.2) is 37.4 Å². The molecule has 1 aromatic heterocycles. The zero-order chi connectivity index (χ0) is 15.3. The maximum absolute atomic E-state index is 12.1. The van der Waals surface area contributed by atoms with Crippen LogP contribution in [0.25, 0.3) is 0 Å². The quantitative estimate of drug-likeness (QED) is 0.748. The molecule has 3 N–H and O–H groups in total. The Bertz CT molecular complexity index is 512. The average Bonchev–Trinajstić information content (AvgIpc) is 2.42. The first-order valence-corrected chi connectivity index (χ1v) is 6.47. The second kappa shape index (κ2) is 6.36. The van der Waals surface area contributed by atoms with Gasteiger partial charge in [-0.15, -0.1) is 0 Å². The molecule has 20 heavy (non-hydrogen) atoms. The Balaban J connectivity index is 2.77. The number of anilines is 1. The van der Waals surface area contributed by atoms with E-state index in [4.69, 9.17) is 0 Å². The van der Waals surface area contributed by atoms with Crippen molar-refractivity contribution in [1.29, 1.82) is 0 Å². The summed E-state index contributed by atoms with van der Waals surface area (Å²) >= 11 is 0. The van der Waals surface area contributed by atoms with Gasteiger partial charge in [0.1, 0.15) is 5.82 Å². The Hall–Kier alpha value is -2.11. The lowest BCUT2D eigenvalue weighted by Crippen LogP contribution is -2.43. The molecule has 0 atom stereocenters. The molecule has 6 heteroatoms. The summed E-state index contributed by atoms with van der Waals surface area (Å²) in [6.45, 7) is 5.65. The minimum atomic E-state index is -0.654. The Morgan fingerprint density at radius 1 is 1.25 bits per heavy atom. The fourth-order valence-corrected chi connectivity index (χ4v) is 1.75. The molecular formula is C14H22N4O2. The Morgan fingerprint density at radius 2 is 1.90 bits per heavy atom. The van der Waals surface area contributed by atoms with Crippen molar-refractivity contribution < 1.29 is 9.59 Å². The van der Waals surface area contributed by atoms with Gasteiger partial charge in [0.05, 0.1) is 5.41 Å². The van der Waals surface area contributed by atoms with Crippen LogP contribution < -0.4 is 16.0 Å². The van der Waals surface area contributed by atoms with E-state index in [1.165, 1.54) is 0 Å². The lowest BCUT2D eigenvalue weighted by Gasteiger charge is -2.22. The van der Waals surface area contributed by atoms with E-state index >= 15 is 0 Å². The van der Waals surface area contributed by atoms with Gasteiger partial charge in [-0.3, -0.25) is 9.59 Å². The molecule has 0 aromatic carbocycles. The largest absolute Gasteiger partial charge is 0.373 e. The lowest BCUT2D eigenvalue weighted by molar-refractivity contribution is -0.128. The van der Waals surface area contributed by atoms with Crippen molar-refractivity contribution in [2.45, 2.75) is 20.8 Å². The van der Waals surface area contributed by atoms with Gasteiger partial charge in [0, 0.05) is 31.9 Å². The number of carbonyl (C=O) groups is 2. The zero-order valence-electron chi connectivity index (χ0n) is 12.6. The van der Waals surface area contributed by atoms with E-state index in [-0.39, 0.29) is 18.4 Å². The number of nitrogens with one attached hydrogen (secondary N) is 3. The predicted molar refractivity (Wildman–Crippen MR) is 78.7 cm³/mol. The van der Waals surface area contributed by atoms with Gasteiger partial charge >= 0.3 is 0 Å². The highest BCUT2D eigenvalue weighted by Crippen LogP contribution is 2.14. The molecule has 1 aromatic rings. The van der Waals surface area contributed by atoms with Crippen molar-refractivity contribution >= 4 is 17.6 Å². The smallest absolute Gasteiger partial charge is 0.251 e. The minimum absolute atomic E-state index is 0.111. The molecular weight excluding hydrogens is 256 g/mol. The van der Waals surface area contributed by atoms with Gasteiger partial charge < -0.3 is 16.0 Å². The third kappa shape index (κ3) is 3.94. The number of pyridine rings is 1. The summed E-state index contributed by atoms with van der Waals surface area (Å²) in [5.74, 6) is 0.310. The number of aromatic nitrogens is 1. The van der Waals surface area contributed by atoms with Gasteiger partial charge in [0.15, 0.2) is 0 Å². The summed E-state index contributed by atoms with van der Waals surface area (Å²) in [7, 11) is 3.33. The molecule has 0 saturated carbocycles. The number of hydrogen-bond acceptors (Lipinski definition) is 4. The Kier molecular flexibility index (Phi) is 5.07. The van der Waals surface area contributed by atoms with Gasteiger partial charge in [-0.1, -0.05) is 0 Å². The molecule has 0 aliphatic carbocycles. The average molecular weight is 278 g/mol. The van der Waals surface area contributed by atoms with E-state index in [0.717, 1.165) is 5.69 Å². The molecule has 0 spiro atoms. The second-order valence-electron chi connectivity index (χ2n) is 5.28. The number of carbonyl (C=O) groups excluding carboxylic acids is 2. The SMILES string of the molecule is CNC(=O)C(C)(C)CNC(=O)c1cc(C)nc(NC)c1. The highest BCUT2D eigenvalue weighted by atomic mass is 16.2. The van der Waals surface area contributed by atoms with Crippen molar-refractivity contribution in [3.05, 3.63) is 23.4 Å². The van der Waals surface area contributed by atoms with E-state index in [1.807, 2.05) is 6.92 Å². The van der Waals surface area contributed by atoms with Gasteiger partial charge in [-0.2, -0.15) is 0 Å². The first-order chi connectivity index (χ1) is 9.30. The maximum Gasteiger partial charge on any atom is 0.251 e. The summed E-state index contributed by atoms with van der Waals surface area (Å²) < 4.78 is 0. The molecule has 1 rings (SSSR count). The van der Waals surface area contributed by atoms with Crippen molar-refractivity contribution in [1.82, 2.24) is 15.6 Å². The molecule has 1 heterocycles. The summed E-state index contributed by atoms with van der Waals surface area (Å²) in [5, 5.41) is 8.27. The van der Waals surface area contributed by atoms with Gasteiger partial charge in [0.25, 0.3) is 5.91 Å². The summed E-state index contributed by atoms with van der Waals surface area (Å²) in [6, 6.07) is 3.39. The van der Waals surface area contributed by atoms with E-state index in [2.05, 4.69) is 20.9 Å². The number of aryl methyl sites for hydroxylation is 1. The van der Waals surface area contributed by atoms with Crippen molar-refractivity contribution in [3.63, 3.8) is 0 Å². The fraction of sp³-hybridized carbons (Fsp3) is 0.500. The van der Waals surface area contributed by atoms with Crippen molar-refractivity contribution in [3.8, 4) is 0 Å². The van der Waals surface area contributed by atoms with Gasteiger partial charge in [0.2, 0.25) is 5.91 Å². The van der Waals surface area contributed by atoms with Crippen LogP contribution in [0.5, 0.6) is 0 Å². The Morgan fingerprint density at radius 3 is 2.45 bits per heavy atom. The molecule has 0 bridgehead atoms. The topological polar surface area (TPSA) is 83.1 Å². The first-order valence-electron chi connectivity index (χ1n) is 6.47. The molecule has 2 amide bonds. The monoisotopic (exact) mass is 278 g/mol. The molecule has 0 aliphatic heterocycles. The van der Waals surface area contributed by atoms with E-state index in [0.29, 0.717) is 11.4 Å². The van der Waals surface area contributed by atoms with Crippen LogP contribution in [0.1, 0.15) is 29.9 Å². The maximum atomic E-state index is 12.1. The third-order valence-corrected chi connectivity index (χ3v) is 3.00. The summed E-state index contributed by atoms with van der Waals surface area (Å²) in [6.07, 6.45) is 0. The van der Waals surface area contributed by atoms with Crippen LogP contribution in [0.3, 0.4) is 0 Å². The molecule has 0 aliphatic rings. The van der Waals surface area contributed by atoms with Crippen LogP contribution in [0.4, 0.5) is 5.82 Å². The van der Waals surface area contributed by atoms with E-state index in [9.17, 15) is 9.59 Å². The number of nitrogens with zero attached hydrogens (tertiary/aromatic N) is 1. The molecule has 0 fully saturated rings. The highest BCUT2D eigenvalue weighted by molar-refractivity contribution is 5.95. The second-order valence-corrected chi connectivity index (χ2v) is 5.28. The van der Waals surface area contributed by atoms with Gasteiger partial charge in [-0.25, -0.2) is 4.98 Å². The molecule has 0 radical (unpaired) electrons. The van der Waals surface area contributed by atoms with Crippen LogP contribution in [0.2, 0.25) is 0 Å². The molecule has 6 nitrogen and oxygen atoms in total. The molecule has 0 unspecified atom stereocenters. The van der Waals surface area contributed by atoms with Crippen LogP contribution in [-0.2, 0) is 4.79 Å². The van der Waals surface area contributed by atoms with Crippen LogP contribution >= 0.6 is 0 Å². The summed E-state index contributed by atoms with van der Waals surface area (Å²) in [5.41, 5.74) is 0.625. The third-order valence-electron chi connectivity index (χ3n) is 3.00. The van der Waals surface area contributed by atoms with E-state index in [1.54, 1.807) is 40.1 Å². The first kappa shape index (κ1) is 15.9. The number of rotatable bonds is 5. The minimum Gasteiger partial charge on any atom is -0.373 e. The molecule has 110 valence electrons. The van der Waals surface area contributed by atoms with Gasteiger partial charge in [-0.05, 0) is 32.9 Å². The molecule has 0 saturated heterocycles. The predicted octanol–water partition coefficient (Wildman–Crippen LogP) is 0.934. The Labute approximate surface area is 119 Å².